The zero-order valence-corrected chi connectivity index (χ0v) is 33.4. The molecule has 0 unspecified atom stereocenters. The van der Waals surface area contributed by atoms with Crippen molar-refractivity contribution in [2.24, 2.45) is 20.5 Å². The molecule has 0 fully saturated rings. The summed E-state index contributed by atoms with van der Waals surface area (Å²) in [4.78, 5) is -1.74. The van der Waals surface area contributed by atoms with E-state index in [1.807, 2.05) is 0 Å². The Balaban J connectivity index is 1.82. The van der Waals surface area contributed by atoms with Gasteiger partial charge in [-0.25, -0.2) is 25.2 Å². The fourth-order valence-corrected chi connectivity index (χ4v) is 8.52. The molecule has 0 saturated carbocycles. The van der Waals surface area contributed by atoms with Crippen molar-refractivity contribution in [3.05, 3.63) is 54.6 Å². The van der Waals surface area contributed by atoms with E-state index in [-0.39, 0.29) is 44.2 Å². The first-order valence-electron chi connectivity index (χ1n) is 15.3. The Kier molecular flexibility index (Phi) is 13.6. The van der Waals surface area contributed by atoms with Gasteiger partial charge >= 0.3 is 20.8 Å². The number of hydrogen-bond donors (Lipinski definition) is 5. The van der Waals surface area contributed by atoms with E-state index in [1.165, 1.54) is 32.4 Å². The van der Waals surface area contributed by atoms with Crippen molar-refractivity contribution in [3.63, 3.8) is 0 Å². The lowest BCUT2D eigenvalue weighted by atomic mass is 10.0. The first kappa shape index (κ1) is 44.8. The third-order valence-electron chi connectivity index (χ3n) is 7.44. The van der Waals surface area contributed by atoms with Crippen LogP contribution in [0, 0.1) is 0 Å². The second-order valence-electron chi connectivity index (χ2n) is 11.1. The molecule has 5 N–H and O–H groups in total. The zero-order valence-electron chi connectivity index (χ0n) is 29.4. The molecule has 310 valence electrons. The van der Waals surface area contributed by atoms with E-state index < -0.39 is 102 Å². The van der Waals surface area contributed by atoms with Gasteiger partial charge in [0.15, 0.2) is 25.4 Å². The highest BCUT2D eigenvalue weighted by molar-refractivity contribution is 7.91. The minimum absolute atomic E-state index is 0.0190. The first-order valence-corrected chi connectivity index (χ1v) is 22.7. The number of rotatable bonds is 18. The number of phenolic OH excluding ortho intramolecular Hbond substituents is 1. The average molecular weight is 898 g/mol. The van der Waals surface area contributed by atoms with Gasteiger partial charge in [-0.3, -0.25) is 13.7 Å². The van der Waals surface area contributed by atoms with Crippen LogP contribution in [-0.4, -0.2) is 107 Å². The summed E-state index contributed by atoms with van der Waals surface area (Å²) in [5, 5.41) is 29.5. The highest BCUT2D eigenvalue weighted by Crippen LogP contribution is 2.47. The Bertz CT molecular complexity index is 2830. The number of phenols is 1. The highest BCUT2D eigenvalue weighted by Gasteiger charge is 2.26. The molecule has 0 amide bonds. The number of anilines is 1. The van der Waals surface area contributed by atoms with Crippen molar-refractivity contribution in [2.75, 3.05) is 51.3 Å². The van der Waals surface area contributed by atoms with Crippen LogP contribution in [-0.2, 0) is 59.0 Å². The maximum absolute atomic E-state index is 12.9. The van der Waals surface area contributed by atoms with Crippen LogP contribution >= 0.6 is 0 Å². The van der Waals surface area contributed by atoms with Crippen molar-refractivity contribution in [2.45, 2.75) is 14.7 Å². The zero-order chi connectivity index (χ0) is 42.6. The van der Waals surface area contributed by atoms with Crippen LogP contribution in [0.5, 0.6) is 17.2 Å². The summed E-state index contributed by atoms with van der Waals surface area (Å²) in [6, 6.07) is 10.00. The van der Waals surface area contributed by atoms with Gasteiger partial charge in [-0.05, 0) is 48.5 Å². The van der Waals surface area contributed by atoms with E-state index in [9.17, 15) is 51.7 Å². The third-order valence-corrected chi connectivity index (χ3v) is 12.6. The molecule has 4 aromatic rings. The molecule has 0 heterocycles. The largest absolute Gasteiger partial charge is 0.506 e. The number of aromatic hydroxyl groups is 1. The van der Waals surface area contributed by atoms with Crippen LogP contribution in [0.4, 0.5) is 28.4 Å². The molecule has 4 aromatic carbocycles. The summed E-state index contributed by atoms with van der Waals surface area (Å²) < 4.78 is 166. The van der Waals surface area contributed by atoms with Crippen LogP contribution in [0.25, 0.3) is 10.8 Å². The molecule has 0 aliphatic carbocycles. The fraction of sp³-hybridized carbons (Fsp3) is 0.241. The number of ether oxygens (including phenoxy) is 2. The molecular formula is C29H31N5O18S5. The SMILES string of the molecule is CNc1ccc2c(OC)c(N=Nc3ccc(S(=O)(=O)CCOS(=O)(=O)O)cc3O)c(S(=O)(=O)O)cc2c1N=Nc1cc(S(=O)(=O)CCOS(=O)(=O)O)ccc1OC. The normalized spacial score (nSPS) is 13.1. The van der Waals surface area contributed by atoms with Crippen molar-refractivity contribution >= 4 is 89.8 Å². The molecule has 23 nitrogen and oxygen atoms in total. The fourth-order valence-electron chi connectivity index (χ4n) is 4.86. The van der Waals surface area contributed by atoms with E-state index >= 15 is 0 Å². The van der Waals surface area contributed by atoms with Gasteiger partial charge < -0.3 is 19.9 Å². The van der Waals surface area contributed by atoms with E-state index in [1.54, 1.807) is 0 Å². The topological polar surface area (TPSA) is 350 Å². The van der Waals surface area contributed by atoms with E-state index in [2.05, 4.69) is 34.1 Å². The molecule has 4 rings (SSSR count). The number of methoxy groups -OCH3 is 2. The van der Waals surface area contributed by atoms with Gasteiger partial charge in [-0.15, -0.1) is 20.5 Å². The van der Waals surface area contributed by atoms with Gasteiger partial charge in [0.1, 0.15) is 39.1 Å². The Morgan fingerprint density at radius 1 is 0.614 bits per heavy atom. The van der Waals surface area contributed by atoms with Gasteiger partial charge in [0.2, 0.25) is 0 Å². The second-order valence-corrected chi connectivity index (χ2v) is 18.9. The Labute approximate surface area is 325 Å². The molecule has 0 atom stereocenters. The van der Waals surface area contributed by atoms with Crippen molar-refractivity contribution in [1.82, 2.24) is 0 Å². The molecule has 0 aliphatic rings. The summed E-state index contributed by atoms with van der Waals surface area (Å²) in [6.07, 6.45) is 0. The van der Waals surface area contributed by atoms with E-state index in [0.717, 1.165) is 43.5 Å². The van der Waals surface area contributed by atoms with Gasteiger partial charge in [-0.1, -0.05) is 0 Å². The van der Waals surface area contributed by atoms with E-state index in [0.29, 0.717) is 0 Å². The summed E-state index contributed by atoms with van der Waals surface area (Å²) in [5.74, 6) is -2.81. The quantitative estimate of drug-likeness (QED) is 0.0699. The number of fused-ring (bicyclic) bond motifs is 1. The molecule has 0 saturated heterocycles. The molecule has 0 bridgehead atoms. The summed E-state index contributed by atoms with van der Waals surface area (Å²) in [7, 11) is -19.6. The molecule has 57 heavy (non-hydrogen) atoms. The summed E-state index contributed by atoms with van der Waals surface area (Å²) >= 11 is 0. The van der Waals surface area contributed by atoms with Crippen LogP contribution in [0.3, 0.4) is 0 Å². The molecule has 0 aromatic heterocycles. The standard InChI is InChI=1S/C29H31N5O18S5/c1-30-22-8-6-19-20(27(22)33-32-23-14-17(5-9-25(23)49-2)53(36,37)12-10-51-56(43,44)45)16-26(55(40,41)42)28(29(19)50-3)34-31-21-7-4-18(15-24(21)35)54(38,39)13-11-52-57(46,47)48/h4-9,14-16,30,35H,10-13H2,1-3H3,(H,40,41,42)(H,43,44,45)(H,46,47,48). The second kappa shape index (κ2) is 17.3. The minimum atomic E-state index is -5.16. The minimum Gasteiger partial charge on any atom is -0.506 e. The maximum Gasteiger partial charge on any atom is 0.397 e. The number of azo groups is 2. The van der Waals surface area contributed by atoms with Gasteiger partial charge in [0.25, 0.3) is 10.1 Å². The van der Waals surface area contributed by atoms with Crippen LogP contribution in [0.2, 0.25) is 0 Å². The van der Waals surface area contributed by atoms with Gasteiger partial charge in [0.05, 0.1) is 54.4 Å². The van der Waals surface area contributed by atoms with Crippen LogP contribution < -0.4 is 14.8 Å². The molecule has 0 radical (unpaired) electrons. The van der Waals surface area contributed by atoms with Crippen molar-refractivity contribution in [1.29, 1.82) is 0 Å². The maximum atomic E-state index is 12.9. The van der Waals surface area contributed by atoms with Crippen molar-refractivity contribution < 1.29 is 78.7 Å². The molecule has 28 heteroatoms. The van der Waals surface area contributed by atoms with Gasteiger partial charge in [0, 0.05) is 23.9 Å². The lowest BCUT2D eigenvalue weighted by Gasteiger charge is -2.15. The Morgan fingerprint density at radius 2 is 1.16 bits per heavy atom. The third kappa shape index (κ3) is 11.4. The number of benzene rings is 4. The molecular weight excluding hydrogens is 867 g/mol. The molecule has 0 spiro atoms. The smallest absolute Gasteiger partial charge is 0.397 e. The number of sulfone groups is 2. The Hall–Kier alpha value is -4.91. The monoisotopic (exact) mass is 897 g/mol. The lowest BCUT2D eigenvalue weighted by molar-refractivity contribution is 0.282. The van der Waals surface area contributed by atoms with Crippen LogP contribution in [0.1, 0.15) is 0 Å². The van der Waals surface area contributed by atoms with E-state index in [4.69, 9.17) is 18.6 Å². The number of nitrogens with one attached hydrogen (secondary N) is 1. The first-order chi connectivity index (χ1) is 26.4. The Morgan fingerprint density at radius 3 is 1.67 bits per heavy atom. The lowest BCUT2D eigenvalue weighted by Crippen LogP contribution is -2.15. The predicted molar refractivity (Wildman–Crippen MR) is 198 cm³/mol. The highest BCUT2D eigenvalue weighted by atomic mass is 32.3. The summed E-state index contributed by atoms with van der Waals surface area (Å²) in [5.41, 5.74) is -0.973. The average Bonchev–Trinajstić information content (AvgIpc) is 3.10. The number of hydrogen-bond acceptors (Lipinski definition) is 20. The van der Waals surface area contributed by atoms with Crippen LogP contribution in [0.15, 0.2) is 89.7 Å². The number of nitrogens with zero attached hydrogens (tertiary/aromatic N) is 4. The van der Waals surface area contributed by atoms with Crippen molar-refractivity contribution in [3.8, 4) is 17.2 Å². The summed E-state index contributed by atoms with van der Waals surface area (Å²) in [6.45, 7) is -1.84. The predicted octanol–water partition coefficient (Wildman–Crippen LogP) is 3.87. The molecule has 0 aliphatic heterocycles. The van der Waals surface area contributed by atoms with Gasteiger partial charge in [-0.2, -0.15) is 25.3 Å².